The smallest absolute Gasteiger partial charge is 0.141 e. The fraction of sp³-hybridized carbons (Fsp3) is 0.625. The summed E-state index contributed by atoms with van der Waals surface area (Å²) in [5.74, 6) is 0.164. The van der Waals surface area contributed by atoms with Crippen LogP contribution in [0.3, 0.4) is 0 Å². The van der Waals surface area contributed by atoms with Crippen molar-refractivity contribution in [3.63, 3.8) is 0 Å². The fourth-order valence-electron chi connectivity index (χ4n) is 2.79. The third kappa shape index (κ3) is 3.09. The molecule has 0 bridgehead atoms. The van der Waals surface area contributed by atoms with Gasteiger partial charge in [-0.3, -0.25) is 0 Å². The molecule has 1 aliphatic rings. The second-order valence-electron chi connectivity index (χ2n) is 6.33. The minimum Gasteiger partial charge on any atom is -0.365 e. The van der Waals surface area contributed by atoms with E-state index in [4.69, 9.17) is 11.6 Å². The number of hydrogen-bond acceptors (Lipinski definition) is 2. The van der Waals surface area contributed by atoms with E-state index in [1.165, 1.54) is 6.07 Å². The first-order valence-electron chi connectivity index (χ1n) is 7.33. The van der Waals surface area contributed by atoms with E-state index in [0.717, 1.165) is 25.2 Å². The molecular weight excluding hydrogens is 275 g/mol. The van der Waals surface area contributed by atoms with Crippen molar-refractivity contribution in [2.24, 2.45) is 5.92 Å². The molecule has 0 aromatic heterocycles. The molecule has 2 rings (SSSR count). The summed E-state index contributed by atoms with van der Waals surface area (Å²) in [5.41, 5.74) is 1.10. The van der Waals surface area contributed by atoms with Crippen molar-refractivity contribution in [1.82, 2.24) is 5.32 Å². The van der Waals surface area contributed by atoms with Gasteiger partial charge in [0.25, 0.3) is 0 Å². The number of anilines is 1. The molecule has 1 fully saturated rings. The summed E-state index contributed by atoms with van der Waals surface area (Å²) >= 11 is 5.95. The number of rotatable bonds is 3. The first-order valence-corrected chi connectivity index (χ1v) is 7.71. The molecule has 1 aromatic carbocycles. The van der Waals surface area contributed by atoms with E-state index in [1.807, 2.05) is 6.07 Å². The van der Waals surface area contributed by atoms with Gasteiger partial charge in [0.15, 0.2) is 0 Å². The standard InChI is InChI=1S/C16H24ClFN2/c1-5-16(4)10-20(15(9-19-16)11(2)3)12-6-7-14(18)13(17)8-12/h6-8,11,15,19H,5,9-10H2,1-4H3. The highest BCUT2D eigenvalue weighted by Gasteiger charge is 2.36. The van der Waals surface area contributed by atoms with Crippen LogP contribution in [0.5, 0.6) is 0 Å². The largest absolute Gasteiger partial charge is 0.365 e. The van der Waals surface area contributed by atoms with Gasteiger partial charge >= 0.3 is 0 Å². The molecule has 0 saturated carbocycles. The minimum atomic E-state index is -0.357. The molecule has 1 heterocycles. The van der Waals surface area contributed by atoms with Gasteiger partial charge in [-0.2, -0.15) is 0 Å². The summed E-state index contributed by atoms with van der Waals surface area (Å²) in [4.78, 5) is 2.37. The van der Waals surface area contributed by atoms with Crippen LogP contribution in [0.4, 0.5) is 10.1 Å². The zero-order chi connectivity index (χ0) is 14.9. The molecule has 0 aliphatic carbocycles. The van der Waals surface area contributed by atoms with Gasteiger partial charge in [-0.15, -0.1) is 0 Å². The van der Waals surface area contributed by atoms with Crippen molar-refractivity contribution >= 4 is 17.3 Å². The predicted molar refractivity (Wildman–Crippen MR) is 84.1 cm³/mol. The van der Waals surface area contributed by atoms with Crippen LogP contribution in [0.25, 0.3) is 0 Å². The molecule has 0 amide bonds. The monoisotopic (exact) mass is 298 g/mol. The van der Waals surface area contributed by atoms with Gasteiger partial charge in [-0.25, -0.2) is 4.39 Å². The van der Waals surface area contributed by atoms with Crippen molar-refractivity contribution in [3.05, 3.63) is 29.0 Å². The topological polar surface area (TPSA) is 15.3 Å². The van der Waals surface area contributed by atoms with Gasteiger partial charge in [0.2, 0.25) is 0 Å². The Morgan fingerprint density at radius 2 is 2.20 bits per heavy atom. The quantitative estimate of drug-likeness (QED) is 0.904. The van der Waals surface area contributed by atoms with Gasteiger partial charge < -0.3 is 10.2 Å². The third-order valence-electron chi connectivity index (χ3n) is 4.44. The maximum atomic E-state index is 13.4. The maximum Gasteiger partial charge on any atom is 0.141 e. The van der Waals surface area contributed by atoms with Crippen molar-refractivity contribution in [1.29, 1.82) is 0 Å². The van der Waals surface area contributed by atoms with Gasteiger partial charge in [0.05, 0.1) is 5.02 Å². The van der Waals surface area contributed by atoms with Crippen LogP contribution in [0, 0.1) is 11.7 Å². The SMILES string of the molecule is CCC1(C)CN(c2ccc(F)c(Cl)c2)C(C(C)C)CN1. The summed E-state index contributed by atoms with van der Waals surface area (Å²) < 4.78 is 13.4. The Kier molecular flexibility index (Phi) is 4.60. The Balaban J connectivity index is 2.33. The molecule has 4 heteroatoms. The van der Waals surface area contributed by atoms with Gasteiger partial charge in [-0.1, -0.05) is 32.4 Å². The van der Waals surface area contributed by atoms with Crippen molar-refractivity contribution in [2.75, 3.05) is 18.0 Å². The highest BCUT2D eigenvalue weighted by atomic mass is 35.5. The van der Waals surface area contributed by atoms with E-state index in [0.29, 0.717) is 12.0 Å². The lowest BCUT2D eigenvalue weighted by Gasteiger charge is -2.48. The van der Waals surface area contributed by atoms with Crippen LogP contribution in [0.15, 0.2) is 18.2 Å². The van der Waals surface area contributed by atoms with Gasteiger partial charge in [0, 0.05) is 30.4 Å². The number of benzene rings is 1. The number of nitrogens with zero attached hydrogens (tertiary/aromatic N) is 1. The molecule has 1 saturated heterocycles. The predicted octanol–water partition coefficient (Wildman–Crippen LogP) is 4.08. The highest BCUT2D eigenvalue weighted by Crippen LogP contribution is 2.30. The molecule has 0 radical (unpaired) electrons. The highest BCUT2D eigenvalue weighted by molar-refractivity contribution is 6.31. The van der Waals surface area contributed by atoms with Crippen molar-refractivity contribution < 1.29 is 4.39 Å². The fourth-order valence-corrected chi connectivity index (χ4v) is 2.96. The molecule has 1 aliphatic heterocycles. The molecule has 1 N–H and O–H groups in total. The van der Waals surface area contributed by atoms with Crippen molar-refractivity contribution in [2.45, 2.75) is 45.7 Å². The molecule has 112 valence electrons. The van der Waals surface area contributed by atoms with Crippen LogP contribution in [-0.4, -0.2) is 24.7 Å². The lowest BCUT2D eigenvalue weighted by molar-refractivity contribution is 0.253. The Morgan fingerprint density at radius 1 is 1.50 bits per heavy atom. The van der Waals surface area contributed by atoms with E-state index >= 15 is 0 Å². The Bertz CT molecular complexity index is 478. The summed E-state index contributed by atoms with van der Waals surface area (Å²) in [6.45, 7) is 10.7. The van der Waals surface area contributed by atoms with Crippen molar-refractivity contribution in [3.8, 4) is 0 Å². The molecule has 2 nitrogen and oxygen atoms in total. The molecule has 2 unspecified atom stereocenters. The summed E-state index contributed by atoms with van der Waals surface area (Å²) in [6.07, 6.45) is 1.06. The van der Waals surface area contributed by atoms with Crippen LogP contribution in [0.2, 0.25) is 5.02 Å². The van der Waals surface area contributed by atoms with Crippen LogP contribution < -0.4 is 10.2 Å². The van der Waals surface area contributed by atoms with E-state index in [-0.39, 0.29) is 16.4 Å². The third-order valence-corrected chi connectivity index (χ3v) is 4.73. The lowest BCUT2D eigenvalue weighted by atomic mass is 9.89. The normalized spacial score (nSPS) is 27.1. The van der Waals surface area contributed by atoms with E-state index < -0.39 is 0 Å². The minimum absolute atomic E-state index is 0.0895. The molecule has 2 atom stereocenters. The van der Waals surface area contributed by atoms with Crippen LogP contribution in [-0.2, 0) is 0 Å². The second-order valence-corrected chi connectivity index (χ2v) is 6.74. The van der Waals surface area contributed by atoms with E-state index in [1.54, 1.807) is 6.07 Å². The Hall–Kier alpha value is -0.800. The van der Waals surface area contributed by atoms with Crippen LogP contribution >= 0.6 is 11.6 Å². The Morgan fingerprint density at radius 3 is 2.75 bits per heavy atom. The van der Waals surface area contributed by atoms with Gasteiger partial charge in [-0.05, 0) is 37.5 Å². The number of nitrogens with one attached hydrogen (secondary N) is 1. The summed E-state index contributed by atoms with van der Waals surface area (Å²) in [7, 11) is 0. The number of halogens is 2. The Labute approximate surface area is 126 Å². The lowest BCUT2D eigenvalue weighted by Crippen LogP contribution is -2.64. The number of hydrogen-bond donors (Lipinski definition) is 1. The van der Waals surface area contributed by atoms with E-state index in [2.05, 4.69) is 37.9 Å². The van der Waals surface area contributed by atoms with Crippen LogP contribution in [0.1, 0.15) is 34.1 Å². The second kappa shape index (κ2) is 5.90. The zero-order valence-electron chi connectivity index (χ0n) is 12.7. The number of piperazine rings is 1. The average molecular weight is 299 g/mol. The van der Waals surface area contributed by atoms with E-state index in [9.17, 15) is 4.39 Å². The average Bonchev–Trinajstić information content (AvgIpc) is 2.41. The molecule has 0 spiro atoms. The maximum absolute atomic E-state index is 13.4. The molecule has 20 heavy (non-hydrogen) atoms. The first-order chi connectivity index (χ1) is 9.36. The molecular formula is C16H24ClFN2. The first kappa shape index (κ1) is 15.6. The summed E-state index contributed by atoms with van der Waals surface area (Å²) in [6, 6.07) is 5.43. The molecule has 1 aromatic rings. The summed E-state index contributed by atoms with van der Waals surface area (Å²) in [5, 5.41) is 3.85. The van der Waals surface area contributed by atoms with Gasteiger partial charge in [0.1, 0.15) is 5.82 Å². The zero-order valence-corrected chi connectivity index (χ0v) is 13.5.